The molecule has 2 aromatic carbocycles. The van der Waals surface area contributed by atoms with Gasteiger partial charge in [0.1, 0.15) is 11.5 Å². The quantitative estimate of drug-likeness (QED) is 0.459. The normalized spacial score (nSPS) is 14.4. The third kappa shape index (κ3) is 5.41. The molecule has 1 amide bonds. The molecule has 1 aliphatic rings. The minimum atomic E-state index is -0.142. The van der Waals surface area contributed by atoms with Gasteiger partial charge in [0, 0.05) is 42.8 Å². The first-order valence-electron chi connectivity index (χ1n) is 10.9. The molecule has 0 radical (unpaired) electrons. The third-order valence-corrected chi connectivity index (χ3v) is 7.22. The van der Waals surface area contributed by atoms with Gasteiger partial charge in [-0.15, -0.1) is 0 Å². The van der Waals surface area contributed by atoms with Crippen molar-refractivity contribution in [2.75, 3.05) is 58.5 Å². The van der Waals surface area contributed by atoms with Crippen LogP contribution in [0.4, 0.5) is 5.13 Å². The summed E-state index contributed by atoms with van der Waals surface area (Å²) in [6, 6.07) is 9.04. The number of carbonyl (C=O) groups excluding carboxylic acids is 1. The molecule has 0 saturated carbocycles. The van der Waals surface area contributed by atoms with Gasteiger partial charge in [0.2, 0.25) is 0 Å². The number of nitrogens with zero attached hydrogens (tertiary/aromatic N) is 3. The van der Waals surface area contributed by atoms with Gasteiger partial charge in [-0.3, -0.25) is 14.6 Å². The summed E-state index contributed by atoms with van der Waals surface area (Å²) in [6.45, 7) is 6.73. The molecular formula is C24H28ClN3O4S. The predicted octanol–water partition coefficient (Wildman–Crippen LogP) is 4.64. The van der Waals surface area contributed by atoms with E-state index in [0.717, 1.165) is 55.0 Å². The zero-order valence-corrected chi connectivity index (χ0v) is 20.7. The van der Waals surface area contributed by atoms with Crippen LogP contribution in [0.1, 0.15) is 22.3 Å². The SMILES string of the molecule is COc1cc(OC)cc(C(=O)N(CCCN2CCOCC2)c2nc3c(C)c(Cl)ccc3s2)c1. The second-order valence-corrected chi connectivity index (χ2v) is 9.30. The van der Waals surface area contributed by atoms with E-state index in [-0.39, 0.29) is 5.91 Å². The topological polar surface area (TPSA) is 64.1 Å². The van der Waals surface area contributed by atoms with Crippen molar-refractivity contribution in [2.24, 2.45) is 0 Å². The number of fused-ring (bicyclic) bond motifs is 1. The Labute approximate surface area is 202 Å². The van der Waals surface area contributed by atoms with Gasteiger partial charge in [-0.05, 0) is 43.2 Å². The van der Waals surface area contributed by atoms with E-state index < -0.39 is 0 Å². The van der Waals surface area contributed by atoms with E-state index in [4.69, 9.17) is 30.8 Å². The number of hydrogen-bond donors (Lipinski definition) is 0. The predicted molar refractivity (Wildman–Crippen MR) is 132 cm³/mol. The first-order valence-corrected chi connectivity index (χ1v) is 12.1. The molecule has 176 valence electrons. The molecule has 1 saturated heterocycles. The Hall–Kier alpha value is -2.39. The molecule has 2 heterocycles. The molecule has 1 fully saturated rings. The Kier molecular flexibility index (Phi) is 7.70. The third-order valence-electron chi connectivity index (χ3n) is 5.77. The molecule has 1 aliphatic heterocycles. The average molecular weight is 490 g/mol. The number of aromatic nitrogens is 1. The van der Waals surface area contributed by atoms with Crippen molar-refractivity contribution in [3.63, 3.8) is 0 Å². The van der Waals surface area contributed by atoms with E-state index >= 15 is 0 Å². The number of morpholine rings is 1. The fraction of sp³-hybridized carbons (Fsp3) is 0.417. The second kappa shape index (κ2) is 10.7. The summed E-state index contributed by atoms with van der Waals surface area (Å²) in [6.07, 6.45) is 0.822. The molecule has 7 nitrogen and oxygen atoms in total. The molecule has 9 heteroatoms. The highest BCUT2D eigenvalue weighted by atomic mass is 35.5. The monoisotopic (exact) mass is 489 g/mol. The van der Waals surface area contributed by atoms with Gasteiger partial charge >= 0.3 is 0 Å². The fourth-order valence-corrected chi connectivity index (χ4v) is 5.05. The van der Waals surface area contributed by atoms with Crippen LogP contribution in [0.3, 0.4) is 0 Å². The van der Waals surface area contributed by atoms with Gasteiger partial charge in [0.25, 0.3) is 5.91 Å². The Balaban J connectivity index is 1.65. The zero-order valence-electron chi connectivity index (χ0n) is 19.1. The summed E-state index contributed by atoms with van der Waals surface area (Å²) in [5.41, 5.74) is 2.24. The summed E-state index contributed by atoms with van der Waals surface area (Å²) in [4.78, 5) is 22.6. The number of thiazole rings is 1. The number of aryl methyl sites for hydroxylation is 1. The van der Waals surface area contributed by atoms with Crippen LogP contribution in [0.15, 0.2) is 30.3 Å². The summed E-state index contributed by atoms with van der Waals surface area (Å²) in [5, 5.41) is 1.33. The maximum atomic E-state index is 13.7. The zero-order chi connectivity index (χ0) is 23.4. The Morgan fingerprint density at radius 3 is 2.55 bits per heavy atom. The minimum absolute atomic E-state index is 0.142. The second-order valence-electron chi connectivity index (χ2n) is 7.88. The molecule has 0 bridgehead atoms. The Bertz CT molecular complexity index is 1110. The van der Waals surface area contributed by atoms with Crippen molar-refractivity contribution >= 4 is 44.2 Å². The standard InChI is InChI=1S/C24H28ClN3O4S/c1-16-20(25)5-6-21-22(16)26-24(33-21)28(8-4-7-27-9-11-32-12-10-27)23(29)17-13-18(30-2)15-19(14-17)31-3/h5-6,13-15H,4,7-12H2,1-3H3. The fourth-order valence-electron chi connectivity index (χ4n) is 3.85. The van der Waals surface area contributed by atoms with Gasteiger partial charge in [-0.1, -0.05) is 22.9 Å². The van der Waals surface area contributed by atoms with Gasteiger partial charge in [-0.25, -0.2) is 4.98 Å². The summed E-state index contributed by atoms with van der Waals surface area (Å²) in [7, 11) is 3.15. The molecule has 3 aromatic rings. The van der Waals surface area contributed by atoms with Crippen LogP contribution in [0, 0.1) is 6.92 Å². The van der Waals surface area contributed by atoms with Crippen molar-refractivity contribution in [1.29, 1.82) is 0 Å². The number of halogens is 1. The van der Waals surface area contributed by atoms with Crippen molar-refractivity contribution in [1.82, 2.24) is 9.88 Å². The number of methoxy groups -OCH3 is 2. The van der Waals surface area contributed by atoms with E-state index in [1.165, 1.54) is 11.3 Å². The van der Waals surface area contributed by atoms with E-state index in [1.54, 1.807) is 37.3 Å². The van der Waals surface area contributed by atoms with E-state index in [2.05, 4.69) is 4.90 Å². The number of amides is 1. The molecule has 0 aliphatic carbocycles. The smallest absolute Gasteiger partial charge is 0.260 e. The first-order chi connectivity index (χ1) is 16.0. The average Bonchev–Trinajstić information content (AvgIpc) is 3.28. The molecule has 33 heavy (non-hydrogen) atoms. The number of hydrogen-bond acceptors (Lipinski definition) is 7. The van der Waals surface area contributed by atoms with Crippen LogP contribution in [-0.4, -0.2) is 69.4 Å². The van der Waals surface area contributed by atoms with Gasteiger partial charge in [0.05, 0.1) is 37.6 Å². The molecule has 4 rings (SSSR count). The summed E-state index contributed by atoms with van der Waals surface area (Å²) >= 11 is 7.81. The van der Waals surface area contributed by atoms with Crippen LogP contribution in [0.5, 0.6) is 11.5 Å². The highest BCUT2D eigenvalue weighted by molar-refractivity contribution is 7.22. The number of rotatable bonds is 8. The van der Waals surface area contributed by atoms with Crippen molar-refractivity contribution in [3.05, 3.63) is 46.5 Å². The van der Waals surface area contributed by atoms with Crippen LogP contribution in [-0.2, 0) is 4.74 Å². The van der Waals surface area contributed by atoms with E-state index in [0.29, 0.717) is 33.8 Å². The Morgan fingerprint density at radius 2 is 1.88 bits per heavy atom. The number of anilines is 1. The van der Waals surface area contributed by atoms with Crippen LogP contribution >= 0.6 is 22.9 Å². The lowest BCUT2D eigenvalue weighted by atomic mass is 10.1. The maximum Gasteiger partial charge on any atom is 0.260 e. The Morgan fingerprint density at radius 1 is 1.18 bits per heavy atom. The van der Waals surface area contributed by atoms with Crippen molar-refractivity contribution in [2.45, 2.75) is 13.3 Å². The van der Waals surface area contributed by atoms with E-state index in [1.807, 2.05) is 19.1 Å². The van der Waals surface area contributed by atoms with E-state index in [9.17, 15) is 4.79 Å². The molecule has 0 N–H and O–H groups in total. The van der Waals surface area contributed by atoms with Crippen molar-refractivity contribution in [3.8, 4) is 11.5 Å². The lowest BCUT2D eigenvalue weighted by molar-refractivity contribution is 0.0376. The van der Waals surface area contributed by atoms with Crippen LogP contribution in [0.2, 0.25) is 5.02 Å². The molecule has 1 aromatic heterocycles. The molecule has 0 atom stereocenters. The number of benzene rings is 2. The molecular weight excluding hydrogens is 462 g/mol. The highest BCUT2D eigenvalue weighted by Crippen LogP contribution is 2.35. The van der Waals surface area contributed by atoms with Crippen LogP contribution in [0.25, 0.3) is 10.2 Å². The lowest BCUT2D eigenvalue weighted by Gasteiger charge is -2.27. The summed E-state index contributed by atoms with van der Waals surface area (Å²) in [5.74, 6) is 0.993. The van der Waals surface area contributed by atoms with Crippen molar-refractivity contribution < 1.29 is 19.0 Å². The van der Waals surface area contributed by atoms with Gasteiger partial charge < -0.3 is 14.2 Å². The highest BCUT2D eigenvalue weighted by Gasteiger charge is 2.24. The summed E-state index contributed by atoms with van der Waals surface area (Å²) < 4.78 is 17.2. The first kappa shape index (κ1) is 23.8. The van der Waals surface area contributed by atoms with Gasteiger partial charge in [0.15, 0.2) is 5.13 Å². The lowest BCUT2D eigenvalue weighted by Crippen LogP contribution is -2.39. The maximum absolute atomic E-state index is 13.7. The molecule has 0 unspecified atom stereocenters. The number of carbonyl (C=O) groups is 1. The largest absolute Gasteiger partial charge is 0.497 e. The molecule has 0 spiro atoms. The number of ether oxygens (including phenoxy) is 3. The van der Waals surface area contributed by atoms with Gasteiger partial charge in [-0.2, -0.15) is 0 Å². The minimum Gasteiger partial charge on any atom is -0.497 e. The van der Waals surface area contributed by atoms with Crippen LogP contribution < -0.4 is 14.4 Å².